The third kappa shape index (κ3) is 4.53. The second-order valence-electron chi connectivity index (χ2n) is 9.48. The third-order valence-corrected chi connectivity index (χ3v) is 9.43. The molecule has 0 bridgehead atoms. The molecule has 1 aromatic heterocycles. The zero-order valence-electron chi connectivity index (χ0n) is 21.3. The van der Waals surface area contributed by atoms with E-state index in [1.807, 2.05) is 0 Å². The van der Waals surface area contributed by atoms with Crippen molar-refractivity contribution in [3.05, 3.63) is 158 Å². The van der Waals surface area contributed by atoms with Crippen LogP contribution >= 0.6 is 0 Å². The Bertz CT molecular complexity index is 1630. The van der Waals surface area contributed by atoms with E-state index in [-0.39, 0.29) is 14.5 Å². The molecule has 6 aromatic carbocycles. The molecule has 0 radical (unpaired) electrons. The Morgan fingerprint density at radius 3 is 0.923 bits per heavy atom. The van der Waals surface area contributed by atoms with Crippen molar-refractivity contribution in [3.63, 3.8) is 0 Å². The van der Waals surface area contributed by atoms with Gasteiger partial charge in [0.25, 0.3) is 0 Å². The van der Waals surface area contributed by atoms with Gasteiger partial charge in [0.1, 0.15) is 0 Å². The predicted molar refractivity (Wildman–Crippen MR) is 168 cm³/mol. The standard InChI is InChI=1S/C36H26N2Se/c1-5-13-27(14-6-1)37(28-15-7-2-8-16-28)31-21-23-35-33(25-31)34-26-32(22-24-36(34)39-35)38(29-17-9-3-10-18-29)30-19-11-4-12-20-30/h1-26H. The number of anilines is 6. The Morgan fingerprint density at radius 1 is 0.308 bits per heavy atom. The zero-order chi connectivity index (χ0) is 26.0. The summed E-state index contributed by atoms with van der Waals surface area (Å²) in [7, 11) is 0. The predicted octanol–water partition coefficient (Wildman–Crippen LogP) is 9.99. The van der Waals surface area contributed by atoms with Crippen molar-refractivity contribution in [1.82, 2.24) is 0 Å². The Hall–Kier alpha value is -4.56. The minimum absolute atomic E-state index is 0.288. The van der Waals surface area contributed by atoms with Gasteiger partial charge in [-0.3, -0.25) is 0 Å². The van der Waals surface area contributed by atoms with Crippen LogP contribution in [0.15, 0.2) is 158 Å². The molecule has 0 fully saturated rings. The van der Waals surface area contributed by atoms with E-state index in [4.69, 9.17) is 0 Å². The first kappa shape index (κ1) is 23.5. The van der Waals surface area contributed by atoms with Crippen molar-refractivity contribution in [2.45, 2.75) is 0 Å². The summed E-state index contributed by atoms with van der Waals surface area (Å²) in [4.78, 5) is 4.69. The van der Waals surface area contributed by atoms with Crippen molar-refractivity contribution < 1.29 is 0 Å². The van der Waals surface area contributed by atoms with Gasteiger partial charge in [-0.25, -0.2) is 0 Å². The van der Waals surface area contributed by atoms with Gasteiger partial charge in [0.2, 0.25) is 0 Å². The van der Waals surface area contributed by atoms with Crippen LogP contribution in [0.4, 0.5) is 34.1 Å². The third-order valence-electron chi connectivity index (χ3n) is 7.01. The monoisotopic (exact) mass is 566 g/mol. The molecule has 0 amide bonds. The number of hydrogen-bond donors (Lipinski definition) is 0. The second kappa shape index (κ2) is 10.3. The number of benzene rings is 6. The maximum atomic E-state index is 2.38. The van der Waals surface area contributed by atoms with Crippen LogP contribution in [0.3, 0.4) is 0 Å². The van der Waals surface area contributed by atoms with Crippen LogP contribution in [0.25, 0.3) is 19.3 Å². The summed E-state index contributed by atoms with van der Waals surface area (Å²) in [6, 6.07) is 56.4. The Balaban J connectivity index is 1.40. The van der Waals surface area contributed by atoms with Gasteiger partial charge in [0, 0.05) is 0 Å². The van der Waals surface area contributed by atoms with E-state index in [0.717, 1.165) is 22.7 Å². The minimum atomic E-state index is 0.288. The van der Waals surface area contributed by atoms with E-state index < -0.39 is 0 Å². The normalized spacial score (nSPS) is 11.1. The molecule has 0 N–H and O–H groups in total. The molecule has 0 aliphatic carbocycles. The van der Waals surface area contributed by atoms with Gasteiger partial charge < -0.3 is 0 Å². The zero-order valence-corrected chi connectivity index (χ0v) is 23.0. The molecule has 0 spiro atoms. The van der Waals surface area contributed by atoms with E-state index in [2.05, 4.69) is 168 Å². The first-order valence-corrected chi connectivity index (χ1v) is 14.8. The fraction of sp³-hybridized carbons (Fsp3) is 0. The van der Waals surface area contributed by atoms with E-state index in [9.17, 15) is 0 Å². The van der Waals surface area contributed by atoms with Gasteiger partial charge in [-0.15, -0.1) is 0 Å². The summed E-state index contributed by atoms with van der Waals surface area (Å²) < 4.78 is 2.87. The van der Waals surface area contributed by atoms with Gasteiger partial charge in [0.05, 0.1) is 0 Å². The van der Waals surface area contributed by atoms with Crippen molar-refractivity contribution in [1.29, 1.82) is 0 Å². The fourth-order valence-corrected chi connectivity index (χ4v) is 7.47. The molecule has 1 heterocycles. The van der Waals surface area contributed by atoms with Gasteiger partial charge >= 0.3 is 235 Å². The number of para-hydroxylation sites is 4. The van der Waals surface area contributed by atoms with E-state index in [1.165, 1.54) is 30.7 Å². The van der Waals surface area contributed by atoms with Crippen LogP contribution in [0, 0.1) is 0 Å². The van der Waals surface area contributed by atoms with Crippen LogP contribution in [0.5, 0.6) is 0 Å². The Morgan fingerprint density at radius 2 is 0.615 bits per heavy atom. The number of nitrogens with zero attached hydrogens (tertiary/aromatic N) is 2. The van der Waals surface area contributed by atoms with Gasteiger partial charge in [-0.1, -0.05) is 0 Å². The van der Waals surface area contributed by atoms with Gasteiger partial charge in [-0.2, -0.15) is 0 Å². The molecule has 3 heteroatoms. The van der Waals surface area contributed by atoms with Crippen molar-refractivity contribution >= 4 is 67.9 Å². The van der Waals surface area contributed by atoms with Crippen LogP contribution in [-0.4, -0.2) is 14.5 Å². The Labute approximate surface area is 234 Å². The average Bonchev–Trinajstić information content (AvgIpc) is 3.37. The molecular weight excluding hydrogens is 539 g/mol. The molecule has 7 aromatic rings. The van der Waals surface area contributed by atoms with Gasteiger partial charge in [-0.05, 0) is 0 Å². The van der Waals surface area contributed by atoms with Crippen LogP contribution in [0.1, 0.15) is 0 Å². The summed E-state index contributed by atoms with van der Waals surface area (Å²) in [5.74, 6) is 0. The van der Waals surface area contributed by atoms with Crippen molar-refractivity contribution in [3.8, 4) is 0 Å². The summed E-state index contributed by atoms with van der Waals surface area (Å²) in [5.41, 5.74) is 6.95. The van der Waals surface area contributed by atoms with Crippen LogP contribution in [0.2, 0.25) is 0 Å². The molecule has 2 nitrogen and oxygen atoms in total. The number of fused-ring (bicyclic) bond motifs is 3. The van der Waals surface area contributed by atoms with Gasteiger partial charge in [0.15, 0.2) is 0 Å². The second-order valence-corrected chi connectivity index (χ2v) is 11.7. The number of rotatable bonds is 6. The SMILES string of the molecule is c1ccc(N(c2ccccc2)c2ccc3[se]c4ccc(N(c5ccccc5)c5ccccc5)cc4c3c2)cc1. The Kier molecular flexibility index (Phi) is 6.22. The van der Waals surface area contributed by atoms with Crippen molar-refractivity contribution in [2.75, 3.05) is 9.80 Å². The fourth-order valence-electron chi connectivity index (χ4n) is 5.23. The van der Waals surface area contributed by atoms with E-state index in [0.29, 0.717) is 0 Å². The first-order chi connectivity index (χ1) is 19.3. The molecule has 0 saturated carbocycles. The summed E-state index contributed by atoms with van der Waals surface area (Å²) in [6.07, 6.45) is 0. The van der Waals surface area contributed by atoms with Crippen molar-refractivity contribution in [2.24, 2.45) is 0 Å². The first-order valence-electron chi connectivity index (χ1n) is 13.1. The summed E-state index contributed by atoms with van der Waals surface area (Å²) in [5, 5.41) is 2.67. The van der Waals surface area contributed by atoms with E-state index >= 15 is 0 Å². The van der Waals surface area contributed by atoms with Crippen LogP contribution in [-0.2, 0) is 0 Å². The average molecular weight is 566 g/mol. The molecule has 0 aliphatic heterocycles. The number of hydrogen-bond acceptors (Lipinski definition) is 2. The van der Waals surface area contributed by atoms with Crippen LogP contribution < -0.4 is 9.80 Å². The molecule has 0 unspecified atom stereocenters. The molecule has 0 aliphatic rings. The molecule has 0 saturated heterocycles. The summed E-state index contributed by atoms with van der Waals surface area (Å²) >= 11 is 0.288. The molecule has 0 atom stereocenters. The maximum absolute atomic E-state index is 2.38. The molecular formula is C36H26N2Se. The molecule has 186 valence electrons. The summed E-state index contributed by atoms with van der Waals surface area (Å²) in [6.45, 7) is 0. The quantitative estimate of drug-likeness (QED) is 0.185. The molecule has 7 rings (SSSR count). The van der Waals surface area contributed by atoms with E-state index in [1.54, 1.807) is 0 Å². The topological polar surface area (TPSA) is 6.48 Å². The molecule has 39 heavy (non-hydrogen) atoms.